The molecule has 0 unspecified atom stereocenters. The Labute approximate surface area is 117 Å². The smallest absolute Gasteiger partial charge is 0.118 e. The Balaban J connectivity index is 2.01. The van der Waals surface area contributed by atoms with Crippen molar-refractivity contribution in [2.24, 2.45) is 10.2 Å². The number of rotatable bonds is 4. The van der Waals surface area contributed by atoms with Gasteiger partial charge in [-0.2, -0.15) is 10.2 Å². The first kappa shape index (κ1) is 13.3. The lowest BCUT2D eigenvalue weighted by molar-refractivity contribution is 0.415. The lowest BCUT2D eigenvalue weighted by Crippen LogP contribution is -1.84. The van der Waals surface area contributed by atoms with Gasteiger partial charge in [0.15, 0.2) is 0 Å². The van der Waals surface area contributed by atoms with Crippen LogP contribution in [0.2, 0.25) is 5.02 Å². The van der Waals surface area contributed by atoms with E-state index in [0.717, 1.165) is 16.9 Å². The average Bonchev–Trinajstić information content (AvgIpc) is 2.46. The first-order valence-corrected chi connectivity index (χ1v) is 6.12. The van der Waals surface area contributed by atoms with Gasteiger partial charge in [0.2, 0.25) is 0 Å². The fourth-order valence-corrected chi connectivity index (χ4v) is 1.65. The van der Waals surface area contributed by atoms with E-state index in [1.54, 1.807) is 19.5 Å². The highest BCUT2D eigenvalue weighted by Gasteiger charge is 1.93. The Morgan fingerprint density at radius 1 is 0.947 bits per heavy atom. The maximum atomic E-state index is 6.00. The number of ether oxygens (including phenoxy) is 1. The topological polar surface area (TPSA) is 34.0 Å². The first-order chi connectivity index (χ1) is 9.29. The van der Waals surface area contributed by atoms with Gasteiger partial charge in [0.05, 0.1) is 19.5 Å². The largest absolute Gasteiger partial charge is 0.497 e. The van der Waals surface area contributed by atoms with Crippen LogP contribution < -0.4 is 4.74 Å². The monoisotopic (exact) mass is 272 g/mol. The molecule has 0 saturated heterocycles. The lowest BCUT2D eigenvalue weighted by Gasteiger charge is -1.98. The van der Waals surface area contributed by atoms with Gasteiger partial charge in [-0.1, -0.05) is 29.8 Å². The lowest BCUT2D eigenvalue weighted by atomic mass is 10.2. The minimum absolute atomic E-state index is 0.658. The van der Waals surface area contributed by atoms with Gasteiger partial charge in [0.1, 0.15) is 5.75 Å². The molecule has 4 heteroatoms. The van der Waals surface area contributed by atoms with Crippen LogP contribution in [-0.4, -0.2) is 19.5 Å². The van der Waals surface area contributed by atoms with Crippen LogP contribution in [0.5, 0.6) is 5.75 Å². The van der Waals surface area contributed by atoms with Crippen LogP contribution in [-0.2, 0) is 0 Å². The third kappa shape index (κ3) is 3.93. The average molecular weight is 273 g/mol. The van der Waals surface area contributed by atoms with E-state index in [2.05, 4.69) is 10.2 Å². The van der Waals surface area contributed by atoms with Crippen LogP contribution in [0.1, 0.15) is 11.1 Å². The van der Waals surface area contributed by atoms with Crippen molar-refractivity contribution in [3.63, 3.8) is 0 Å². The molecule has 2 aromatic carbocycles. The first-order valence-electron chi connectivity index (χ1n) is 5.74. The van der Waals surface area contributed by atoms with Gasteiger partial charge in [-0.3, -0.25) is 0 Å². The number of hydrogen-bond acceptors (Lipinski definition) is 3. The minimum atomic E-state index is 0.658. The second-order valence-electron chi connectivity index (χ2n) is 3.78. The van der Waals surface area contributed by atoms with Crippen LogP contribution in [0.15, 0.2) is 58.7 Å². The molecule has 0 N–H and O–H groups in total. The van der Waals surface area contributed by atoms with E-state index < -0.39 is 0 Å². The molecule has 3 nitrogen and oxygen atoms in total. The number of methoxy groups -OCH3 is 1. The van der Waals surface area contributed by atoms with E-state index >= 15 is 0 Å². The summed E-state index contributed by atoms with van der Waals surface area (Å²) in [6, 6.07) is 15.0. The van der Waals surface area contributed by atoms with Gasteiger partial charge in [-0.25, -0.2) is 0 Å². The molecule has 0 saturated carbocycles. The predicted molar refractivity (Wildman–Crippen MR) is 79.6 cm³/mol. The van der Waals surface area contributed by atoms with E-state index in [9.17, 15) is 0 Å². The predicted octanol–water partition coefficient (Wildman–Crippen LogP) is 3.80. The molecule has 0 radical (unpaired) electrons. The maximum absolute atomic E-state index is 6.00. The molecule has 0 aliphatic rings. The summed E-state index contributed by atoms with van der Waals surface area (Å²) in [5.74, 6) is 0.816. The molecule has 2 aromatic rings. The number of nitrogens with zero attached hydrogens (tertiary/aromatic N) is 2. The molecule has 19 heavy (non-hydrogen) atoms. The zero-order valence-electron chi connectivity index (χ0n) is 10.5. The third-order valence-corrected chi connectivity index (χ3v) is 2.84. The number of benzene rings is 2. The molecular formula is C15H13ClN2O. The van der Waals surface area contributed by atoms with E-state index in [1.165, 1.54) is 0 Å². The van der Waals surface area contributed by atoms with Crippen molar-refractivity contribution in [3.8, 4) is 5.75 Å². The van der Waals surface area contributed by atoms with Crippen molar-refractivity contribution in [1.82, 2.24) is 0 Å². The Kier molecular flexibility index (Phi) is 4.70. The molecular weight excluding hydrogens is 260 g/mol. The molecule has 0 atom stereocenters. The van der Waals surface area contributed by atoms with E-state index in [4.69, 9.17) is 16.3 Å². The summed E-state index contributed by atoms with van der Waals surface area (Å²) < 4.78 is 5.08. The van der Waals surface area contributed by atoms with Crippen molar-refractivity contribution in [2.45, 2.75) is 0 Å². The molecule has 0 heterocycles. The molecule has 0 spiro atoms. The molecule has 0 aliphatic heterocycles. The Bertz CT molecular complexity index is 591. The van der Waals surface area contributed by atoms with E-state index in [-0.39, 0.29) is 0 Å². The van der Waals surface area contributed by atoms with Gasteiger partial charge >= 0.3 is 0 Å². The molecule has 0 amide bonds. The third-order valence-electron chi connectivity index (χ3n) is 2.49. The van der Waals surface area contributed by atoms with Crippen molar-refractivity contribution >= 4 is 24.0 Å². The van der Waals surface area contributed by atoms with Gasteiger partial charge in [-0.05, 0) is 35.9 Å². The summed E-state index contributed by atoms with van der Waals surface area (Å²) in [5, 5.41) is 8.61. The van der Waals surface area contributed by atoms with E-state index in [0.29, 0.717) is 5.02 Å². The molecule has 96 valence electrons. The molecule has 0 fully saturated rings. The van der Waals surface area contributed by atoms with Crippen LogP contribution in [0, 0.1) is 0 Å². The van der Waals surface area contributed by atoms with Gasteiger partial charge in [-0.15, -0.1) is 0 Å². The standard InChI is InChI=1S/C15H13ClN2O/c1-19-14-8-6-12(7-9-14)10-17-18-11-13-4-2-3-5-15(13)16/h2-11H,1H3/b17-10+,18-11+. The summed E-state index contributed by atoms with van der Waals surface area (Å²) in [5.41, 5.74) is 1.80. The summed E-state index contributed by atoms with van der Waals surface area (Å²) in [6.45, 7) is 0. The molecule has 2 rings (SSSR count). The second-order valence-corrected chi connectivity index (χ2v) is 4.19. The number of halogens is 1. The van der Waals surface area contributed by atoms with Crippen molar-refractivity contribution in [2.75, 3.05) is 7.11 Å². The SMILES string of the molecule is COc1ccc(/C=N/N=C/c2ccccc2Cl)cc1. The maximum Gasteiger partial charge on any atom is 0.118 e. The van der Waals surface area contributed by atoms with E-state index in [1.807, 2.05) is 48.5 Å². The highest BCUT2D eigenvalue weighted by molar-refractivity contribution is 6.33. The fourth-order valence-electron chi connectivity index (χ4n) is 1.47. The fraction of sp³-hybridized carbons (Fsp3) is 0.0667. The summed E-state index contributed by atoms with van der Waals surface area (Å²) in [4.78, 5) is 0. The van der Waals surface area contributed by atoms with Crippen molar-refractivity contribution < 1.29 is 4.74 Å². The van der Waals surface area contributed by atoms with Crippen LogP contribution in [0.25, 0.3) is 0 Å². The quantitative estimate of drug-likeness (QED) is 0.616. The summed E-state index contributed by atoms with van der Waals surface area (Å²) in [6.07, 6.45) is 3.30. The highest BCUT2D eigenvalue weighted by Crippen LogP contribution is 2.12. The number of hydrogen-bond donors (Lipinski definition) is 0. The Morgan fingerprint density at radius 3 is 2.32 bits per heavy atom. The second kappa shape index (κ2) is 6.71. The normalized spacial score (nSPS) is 11.3. The van der Waals surface area contributed by atoms with Crippen molar-refractivity contribution in [1.29, 1.82) is 0 Å². The van der Waals surface area contributed by atoms with Crippen LogP contribution in [0.3, 0.4) is 0 Å². The Morgan fingerprint density at radius 2 is 1.63 bits per heavy atom. The minimum Gasteiger partial charge on any atom is -0.497 e. The summed E-state index contributed by atoms with van der Waals surface area (Å²) >= 11 is 6.00. The highest BCUT2D eigenvalue weighted by atomic mass is 35.5. The van der Waals surface area contributed by atoms with Gasteiger partial charge < -0.3 is 4.74 Å². The molecule has 0 aromatic heterocycles. The zero-order valence-corrected chi connectivity index (χ0v) is 11.2. The van der Waals surface area contributed by atoms with Crippen LogP contribution >= 0.6 is 11.6 Å². The Hall–Kier alpha value is -2.13. The van der Waals surface area contributed by atoms with Crippen LogP contribution in [0.4, 0.5) is 0 Å². The van der Waals surface area contributed by atoms with Gasteiger partial charge in [0, 0.05) is 10.6 Å². The zero-order chi connectivity index (χ0) is 13.5. The molecule has 0 aliphatic carbocycles. The molecule has 0 bridgehead atoms. The van der Waals surface area contributed by atoms with Crippen molar-refractivity contribution in [3.05, 3.63) is 64.7 Å². The van der Waals surface area contributed by atoms with Gasteiger partial charge in [0.25, 0.3) is 0 Å². The summed E-state index contributed by atoms with van der Waals surface area (Å²) in [7, 11) is 1.64.